The van der Waals surface area contributed by atoms with Crippen LogP contribution in [0, 0.1) is 11.3 Å². The summed E-state index contributed by atoms with van der Waals surface area (Å²) in [6, 6.07) is 13.3. The Morgan fingerprint density at radius 2 is 2.14 bits per heavy atom. The molecule has 110 valence electrons. The first-order valence-electron chi connectivity index (χ1n) is 7.17. The summed E-state index contributed by atoms with van der Waals surface area (Å²) < 4.78 is 5.15. The lowest BCUT2D eigenvalue weighted by molar-refractivity contribution is 0.155. The van der Waals surface area contributed by atoms with E-state index in [-0.39, 0.29) is 12.4 Å². The van der Waals surface area contributed by atoms with Gasteiger partial charge in [0, 0.05) is 5.69 Å². The van der Waals surface area contributed by atoms with E-state index in [0.29, 0.717) is 5.56 Å². The van der Waals surface area contributed by atoms with Gasteiger partial charge in [0.1, 0.15) is 12.7 Å². The summed E-state index contributed by atoms with van der Waals surface area (Å²) in [5.74, 6) is 0.279. The number of benzene rings is 1. The maximum atomic E-state index is 11.9. The van der Waals surface area contributed by atoms with E-state index in [1.165, 1.54) is 0 Å². The molecule has 0 unspecified atom stereocenters. The van der Waals surface area contributed by atoms with Crippen LogP contribution in [0.25, 0.3) is 0 Å². The zero-order valence-electron chi connectivity index (χ0n) is 12.0. The van der Waals surface area contributed by atoms with Crippen molar-refractivity contribution < 1.29 is 9.53 Å². The van der Waals surface area contributed by atoms with Crippen LogP contribution in [0.1, 0.15) is 28.8 Å². The Hall–Kier alpha value is -2.87. The lowest BCUT2D eigenvalue weighted by Crippen LogP contribution is -2.16. The van der Waals surface area contributed by atoms with Crippen LogP contribution in [0.3, 0.4) is 0 Å². The first kappa shape index (κ1) is 14.1. The van der Waals surface area contributed by atoms with Crippen LogP contribution in [0.15, 0.2) is 36.4 Å². The first-order chi connectivity index (χ1) is 10.8. The summed E-state index contributed by atoms with van der Waals surface area (Å²) in [7, 11) is 0. The summed E-state index contributed by atoms with van der Waals surface area (Å²) in [5, 5.41) is 11.8. The van der Waals surface area contributed by atoms with Crippen molar-refractivity contribution in [2.45, 2.75) is 25.9 Å². The monoisotopic (exact) mass is 293 g/mol. The Kier molecular flexibility index (Phi) is 4.01. The van der Waals surface area contributed by atoms with Gasteiger partial charge < -0.3 is 4.74 Å². The lowest BCUT2D eigenvalue weighted by Gasteiger charge is -2.09. The maximum absolute atomic E-state index is 11.9. The molecule has 22 heavy (non-hydrogen) atoms. The molecule has 1 aliphatic carbocycles. The molecule has 0 aliphatic heterocycles. The molecule has 0 bridgehead atoms. The van der Waals surface area contributed by atoms with Crippen LogP contribution in [0.4, 0.5) is 10.6 Å². The number of hydrogen-bond donors (Lipinski definition) is 1. The molecule has 0 atom stereocenters. The number of anilines is 1. The molecule has 3 rings (SSSR count). The summed E-state index contributed by atoms with van der Waals surface area (Å²) in [5.41, 5.74) is 3.33. The number of carbonyl (C=O) groups excluding carboxylic acids is 1. The summed E-state index contributed by atoms with van der Waals surface area (Å²) in [6.45, 7) is 0.180. The van der Waals surface area contributed by atoms with Crippen molar-refractivity contribution in [1.82, 2.24) is 4.98 Å². The molecule has 0 fully saturated rings. The minimum atomic E-state index is -0.606. The molecule has 5 heteroatoms. The fourth-order valence-corrected chi connectivity index (χ4v) is 2.51. The minimum Gasteiger partial charge on any atom is -0.444 e. The number of aromatic nitrogens is 1. The molecule has 5 nitrogen and oxygen atoms in total. The number of carbonyl (C=O) groups is 1. The molecule has 0 saturated carbocycles. The average Bonchev–Trinajstić information content (AvgIpc) is 3.00. The molecular formula is C17H15N3O2. The third-order valence-corrected chi connectivity index (χ3v) is 3.60. The summed E-state index contributed by atoms with van der Waals surface area (Å²) in [4.78, 5) is 16.3. The molecule has 2 aromatic rings. The molecule has 1 aromatic carbocycles. The van der Waals surface area contributed by atoms with Crippen LogP contribution < -0.4 is 5.32 Å². The second kappa shape index (κ2) is 6.27. The van der Waals surface area contributed by atoms with E-state index in [1.807, 2.05) is 36.4 Å². The second-order valence-corrected chi connectivity index (χ2v) is 5.14. The van der Waals surface area contributed by atoms with Gasteiger partial charge in [0.25, 0.3) is 0 Å². The van der Waals surface area contributed by atoms with Gasteiger partial charge in [0.15, 0.2) is 5.82 Å². The van der Waals surface area contributed by atoms with Crippen LogP contribution in [-0.2, 0) is 24.2 Å². The lowest BCUT2D eigenvalue weighted by atomic mass is 10.1. The Morgan fingerprint density at radius 1 is 1.32 bits per heavy atom. The number of nitrogens with zero attached hydrogens (tertiary/aromatic N) is 2. The van der Waals surface area contributed by atoms with Gasteiger partial charge in [-0.3, -0.25) is 5.32 Å². The van der Waals surface area contributed by atoms with Crippen molar-refractivity contribution >= 4 is 11.9 Å². The van der Waals surface area contributed by atoms with Gasteiger partial charge in [0.05, 0.1) is 5.56 Å². The van der Waals surface area contributed by atoms with Gasteiger partial charge in [0.2, 0.25) is 0 Å². The number of ether oxygens (including phenoxy) is 1. The predicted octanol–water partition coefficient (Wildman–Crippen LogP) is 3.19. The molecule has 1 amide bonds. The fourth-order valence-electron chi connectivity index (χ4n) is 2.51. The van der Waals surface area contributed by atoms with E-state index in [9.17, 15) is 10.1 Å². The largest absolute Gasteiger partial charge is 0.444 e. The highest BCUT2D eigenvalue weighted by atomic mass is 16.5. The Morgan fingerprint density at radius 3 is 2.91 bits per heavy atom. The highest BCUT2D eigenvalue weighted by Gasteiger charge is 2.18. The van der Waals surface area contributed by atoms with Gasteiger partial charge >= 0.3 is 6.09 Å². The van der Waals surface area contributed by atoms with Crippen molar-refractivity contribution in [3.63, 3.8) is 0 Å². The van der Waals surface area contributed by atoms with Crippen LogP contribution in [0.5, 0.6) is 0 Å². The van der Waals surface area contributed by atoms with Gasteiger partial charge in [-0.05, 0) is 36.5 Å². The van der Waals surface area contributed by atoms with Crippen molar-refractivity contribution in [3.05, 3.63) is 58.8 Å². The SMILES string of the molecule is N#Cc1cc2c(nc1NC(=O)OCc1ccccc1)CCC2. The fraction of sp³-hybridized carbons (Fsp3) is 0.235. The van der Waals surface area contributed by atoms with Gasteiger partial charge in [-0.1, -0.05) is 30.3 Å². The highest BCUT2D eigenvalue weighted by Crippen LogP contribution is 2.25. The zero-order chi connectivity index (χ0) is 15.4. The van der Waals surface area contributed by atoms with Gasteiger partial charge in [-0.25, -0.2) is 9.78 Å². The van der Waals surface area contributed by atoms with E-state index in [1.54, 1.807) is 0 Å². The molecule has 1 aromatic heterocycles. The standard InChI is InChI=1S/C17H15N3O2/c18-10-14-9-13-7-4-8-15(13)19-16(14)20-17(21)22-11-12-5-2-1-3-6-12/h1-3,5-6,9H,4,7-8,11H2,(H,19,20,21). The third kappa shape index (κ3) is 3.07. The van der Waals surface area contributed by atoms with Crippen molar-refractivity contribution in [2.75, 3.05) is 5.32 Å². The van der Waals surface area contributed by atoms with Crippen molar-refractivity contribution in [2.24, 2.45) is 0 Å². The van der Waals surface area contributed by atoms with Gasteiger partial charge in [-0.2, -0.15) is 5.26 Å². The molecule has 1 N–H and O–H groups in total. The quantitative estimate of drug-likeness (QED) is 0.943. The number of amides is 1. The molecule has 0 spiro atoms. The number of nitrogens with one attached hydrogen (secondary N) is 1. The second-order valence-electron chi connectivity index (χ2n) is 5.14. The van der Waals surface area contributed by atoms with Crippen LogP contribution >= 0.6 is 0 Å². The molecule has 0 radical (unpaired) electrons. The van der Waals surface area contributed by atoms with Gasteiger partial charge in [-0.15, -0.1) is 0 Å². The Bertz CT molecular complexity index is 736. The Labute approximate surface area is 128 Å². The number of nitriles is 1. The Balaban J connectivity index is 1.68. The van der Waals surface area contributed by atoms with E-state index < -0.39 is 6.09 Å². The number of pyridine rings is 1. The molecule has 1 heterocycles. The van der Waals surface area contributed by atoms with E-state index in [2.05, 4.69) is 16.4 Å². The minimum absolute atomic E-state index is 0.180. The average molecular weight is 293 g/mol. The number of rotatable bonds is 3. The third-order valence-electron chi connectivity index (χ3n) is 3.60. The number of fused-ring (bicyclic) bond motifs is 1. The first-order valence-corrected chi connectivity index (χ1v) is 7.17. The highest BCUT2D eigenvalue weighted by molar-refractivity contribution is 5.85. The number of hydrogen-bond acceptors (Lipinski definition) is 4. The van der Waals surface area contributed by atoms with Crippen molar-refractivity contribution in [3.8, 4) is 6.07 Å². The smallest absolute Gasteiger partial charge is 0.413 e. The van der Waals surface area contributed by atoms with E-state index in [4.69, 9.17) is 4.74 Å². The normalized spacial score (nSPS) is 12.3. The van der Waals surface area contributed by atoms with Crippen molar-refractivity contribution in [1.29, 1.82) is 5.26 Å². The maximum Gasteiger partial charge on any atom is 0.413 e. The topological polar surface area (TPSA) is 75.0 Å². The molecular weight excluding hydrogens is 278 g/mol. The summed E-state index contributed by atoms with van der Waals surface area (Å²) >= 11 is 0. The molecule has 0 saturated heterocycles. The number of aryl methyl sites for hydroxylation is 2. The van der Waals surface area contributed by atoms with Crippen LogP contribution in [0.2, 0.25) is 0 Å². The predicted molar refractivity (Wildman–Crippen MR) is 81.2 cm³/mol. The van der Waals surface area contributed by atoms with E-state index in [0.717, 1.165) is 36.1 Å². The van der Waals surface area contributed by atoms with Crippen LogP contribution in [-0.4, -0.2) is 11.1 Å². The summed E-state index contributed by atoms with van der Waals surface area (Å²) in [6.07, 6.45) is 2.26. The van der Waals surface area contributed by atoms with E-state index >= 15 is 0 Å². The molecule has 1 aliphatic rings. The zero-order valence-corrected chi connectivity index (χ0v) is 12.0.